The molecule has 31 heavy (non-hydrogen) atoms. The Balaban J connectivity index is 1.68. The minimum absolute atomic E-state index is 0.0293. The zero-order chi connectivity index (χ0) is 22.4. The monoisotopic (exact) mass is 461 g/mol. The zero-order valence-electron chi connectivity index (χ0n) is 17.0. The number of carbonyl (C=O) groups excluding carboxylic acids is 1. The third-order valence-electron chi connectivity index (χ3n) is 5.75. The quantitative estimate of drug-likeness (QED) is 0.545. The molecule has 164 valence electrons. The van der Waals surface area contributed by atoms with Crippen molar-refractivity contribution >= 4 is 33.0 Å². The summed E-state index contributed by atoms with van der Waals surface area (Å²) in [4.78, 5) is 16.7. The molecule has 2 aromatic rings. The molecule has 9 nitrogen and oxygen atoms in total. The van der Waals surface area contributed by atoms with Crippen molar-refractivity contribution in [2.45, 2.75) is 55.3 Å². The van der Waals surface area contributed by atoms with Gasteiger partial charge in [-0.15, -0.1) is 15.7 Å². The largest absolute Gasteiger partial charge is 0.393 e. The summed E-state index contributed by atoms with van der Waals surface area (Å²) in [6.07, 6.45) is 6.14. The Morgan fingerprint density at radius 1 is 1.32 bits per heavy atom. The summed E-state index contributed by atoms with van der Waals surface area (Å²) in [6.45, 7) is 0.794. The number of nitrogens with zero attached hydrogens (tertiary/aromatic N) is 3. The minimum Gasteiger partial charge on any atom is -0.393 e. The zero-order valence-corrected chi connectivity index (χ0v) is 18.6. The molecule has 0 unspecified atom stereocenters. The normalized spacial score (nSPS) is 18.4. The lowest BCUT2D eigenvalue weighted by Crippen LogP contribution is -2.25. The molecular formula is C20H23N5O4S2. The number of hydrogen-bond acceptors (Lipinski definition) is 7. The Kier molecular flexibility index (Phi) is 5.61. The number of aromatic nitrogens is 1. The highest BCUT2D eigenvalue weighted by Gasteiger charge is 2.30. The van der Waals surface area contributed by atoms with Gasteiger partial charge >= 0.3 is 6.03 Å². The summed E-state index contributed by atoms with van der Waals surface area (Å²) in [7, 11) is -3.59. The van der Waals surface area contributed by atoms with Crippen LogP contribution < -0.4 is 10.5 Å². The van der Waals surface area contributed by atoms with Gasteiger partial charge in [-0.2, -0.15) is 5.26 Å². The summed E-state index contributed by atoms with van der Waals surface area (Å²) in [5.74, 6) is 0. The van der Waals surface area contributed by atoms with Crippen LogP contribution in [0.1, 0.15) is 52.6 Å². The van der Waals surface area contributed by atoms with E-state index < -0.39 is 28.2 Å². The van der Waals surface area contributed by atoms with Gasteiger partial charge in [-0.3, -0.25) is 0 Å². The first-order valence-electron chi connectivity index (χ1n) is 9.93. The maximum Gasteiger partial charge on any atom is 0.354 e. The highest BCUT2D eigenvalue weighted by molar-refractivity contribution is 7.93. The molecule has 0 saturated carbocycles. The van der Waals surface area contributed by atoms with Gasteiger partial charge in [0.1, 0.15) is 14.8 Å². The smallest absolute Gasteiger partial charge is 0.354 e. The molecule has 0 fully saturated rings. The fourth-order valence-corrected chi connectivity index (χ4v) is 6.35. The van der Waals surface area contributed by atoms with E-state index in [2.05, 4.69) is 20.7 Å². The lowest BCUT2D eigenvalue weighted by molar-refractivity contribution is -0.00244. The van der Waals surface area contributed by atoms with E-state index in [0.29, 0.717) is 5.69 Å². The average molecular weight is 462 g/mol. The highest BCUT2D eigenvalue weighted by Crippen LogP contribution is 2.41. The predicted molar refractivity (Wildman–Crippen MR) is 116 cm³/mol. The van der Waals surface area contributed by atoms with Crippen LogP contribution in [-0.2, 0) is 41.2 Å². The first-order chi connectivity index (χ1) is 14.7. The molecule has 4 rings (SSSR count). The van der Waals surface area contributed by atoms with Crippen LogP contribution in [-0.4, -0.2) is 32.0 Å². The summed E-state index contributed by atoms with van der Waals surface area (Å²) in [6, 6.07) is 1.51. The second kappa shape index (κ2) is 7.96. The van der Waals surface area contributed by atoms with E-state index in [-0.39, 0.29) is 9.22 Å². The van der Waals surface area contributed by atoms with E-state index in [1.807, 2.05) is 0 Å². The topological polar surface area (TPSA) is 162 Å². The number of hydrogen-bond donors (Lipinski definition) is 4. The van der Waals surface area contributed by atoms with Gasteiger partial charge in [0.25, 0.3) is 0 Å². The summed E-state index contributed by atoms with van der Waals surface area (Å²) >= 11 is 0.833. The van der Waals surface area contributed by atoms with Crippen LogP contribution in [0.15, 0.2) is 14.8 Å². The van der Waals surface area contributed by atoms with Crippen LogP contribution in [0.2, 0.25) is 0 Å². The number of rotatable bonds is 4. The summed E-state index contributed by atoms with van der Waals surface area (Å²) < 4.78 is 16.7. The van der Waals surface area contributed by atoms with Crippen LogP contribution in [0.25, 0.3) is 0 Å². The molecule has 2 aliphatic carbocycles. The van der Waals surface area contributed by atoms with E-state index in [1.54, 1.807) is 0 Å². The van der Waals surface area contributed by atoms with Crippen molar-refractivity contribution in [3.63, 3.8) is 0 Å². The number of aliphatic hydroxyl groups is 2. The Hall–Kier alpha value is -2.36. The van der Waals surface area contributed by atoms with Crippen molar-refractivity contribution in [3.05, 3.63) is 39.0 Å². The fourth-order valence-electron chi connectivity index (χ4n) is 4.25. The molecule has 1 heterocycles. The average Bonchev–Trinajstić information content (AvgIpc) is 3.47. The second-order valence-corrected chi connectivity index (χ2v) is 11.0. The van der Waals surface area contributed by atoms with Crippen LogP contribution in [0.3, 0.4) is 0 Å². The Morgan fingerprint density at radius 3 is 2.45 bits per heavy atom. The molecule has 11 heteroatoms. The number of amides is 2. The molecule has 0 saturated heterocycles. The van der Waals surface area contributed by atoms with E-state index >= 15 is 0 Å². The maximum atomic E-state index is 12.9. The van der Waals surface area contributed by atoms with Gasteiger partial charge in [0, 0.05) is 5.69 Å². The molecule has 1 aromatic carbocycles. The van der Waals surface area contributed by atoms with Gasteiger partial charge in [0.2, 0.25) is 0 Å². The second-order valence-electron chi connectivity index (χ2n) is 7.99. The number of urea groups is 1. The molecule has 5 N–H and O–H groups in total. The highest BCUT2D eigenvalue weighted by atomic mass is 32.2. The number of anilines is 1. The molecule has 0 spiro atoms. The Morgan fingerprint density at radius 2 is 1.90 bits per heavy atom. The number of nitrogens with two attached hydrogens (primary N) is 1. The number of nitrogens with one attached hydrogen (secondary N) is 1. The van der Waals surface area contributed by atoms with Crippen molar-refractivity contribution in [2.24, 2.45) is 9.50 Å². The summed E-state index contributed by atoms with van der Waals surface area (Å²) in [5.41, 5.74) is 3.72. The number of nitriles is 1. The molecule has 0 bridgehead atoms. The first kappa shape index (κ1) is 21.9. The molecule has 0 radical (unpaired) electrons. The molecule has 2 amide bonds. The van der Waals surface area contributed by atoms with E-state index in [0.717, 1.165) is 77.7 Å². The Bertz CT molecular complexity index is 1200. The maximum absolute atomic E-state index is 12.9. The molecular weight excluding hydrogens is 438 g/mol. The van der Waals surface area contributed by atoms with Crippen molar-refractivity contribution in [3.8, 4) is 6.07 Å². The van der Waals surface area contributed by atoms with Crippen LogP contribution >= 0.6 is 11.3 Å². The van der Waals surface area contributed by atoms with Gasteiger partial charge in [0.05, 0.1) is 24.4 Å². The lowest BCUT2D eigenvalue weighted by Gasteiger charge is -2.17. The van der Waals surface area contributed by atoms with Crippen LogP contribution in [0.5, 0.6) is 0 Å². The van der Waals surface area contributed by atoms with Gasteiger partial charge < -0.3 is 15.5 Å². The lowest BCUT2D eigenvalue weighted by atomic mass is 9.93. The minimum atomic E-state index is -3.59. The molecule has 2 aliphatic rings. The van der Waals surface area contributed by atoms with Gasteiger partial charge in [0.15, 0.2) is 9.92 Å². The first-order valence-corrected chi connectivity index (χ1v) is 12.3. The summed E-state index contributed by atoms with van der Waals surface area (Å²) in [5, 5.41) is 37.8. The predicted octanol–water partition coefficient (Wildman–Crippen LogP) is 2.12. The molecule has 1 aromatic heterocycles. The number of aliphatic hydroxyl groups excluding tert-OH is 1. The van der Waals surface area contributed by atoms with Crippen LogP contribution in [0, 0.1) is 11.3 Å². The number of fused-ring (bicyclic) bond motifs is 2. The fraction of sp³-hybridized carbons (Fsp3) is 0.450. The van der Waals surface area contributed by atoms with E-state index in [4.69, 9.17) is 5.14 Å². The van der Waals surface area contributed by atoms with Crippen molar-refractivity contribution in [1.29, 1.82) is 5.26 Å². The van der Waals surface area contributed by atoms with Gasteiger partial charge in [-0.1, -0.05) is 0 Å². The van der Waals surface area contributed by atoms with Crippen molar-refractivity contribution in [2.75, 3.05) is 11.9 Å². The van der Waals surface area contributed by atoms with Gasteiger partial charge in [-0.05, 0) is 67.7 Å². The molecule has 0 aliphatic heterocycles. The van der Waals surface area contributed by atoms with E-state index in [9.17, 15) is 24.5 Å². The van der Waals surface area contributed by atoms with Crippen molar-refractivity contribution in [1.82, 2.24) is 4.98 Å². The Labute approximate surface area is 184 Å². The SMILES string of the molecule is C[C@@](O)(CO)c1ncc([S@@](N)(=O)=NC(=O)Nc2c3c(c(C#N)c4c2CCC4)CCC3)s1. The third kappa shape index (κ3) is 3.86. The van der Waals surface area contributed by atoms with Gasteiger partial charge in [-0.25, -0.2) is 19.1 Å². The number of carbonyl (C=O) groups is 1. The number of thiazole rings is 1. The third-order valence-corrected chi connectivity index (χ3v) is 8.88. The van der Waals surface area contributed by atoms with Crippen molar-refractivity contribution < 1.29 is 19.2 Å². The standard InChI is InChI=1S/C20H23N5O4S2/c1-20(28,10-26)18-23-9-16(30-18)31(22,29)25-19(27)24-17-13-6-2-4-11(13)15(8-21)12-5-3-7-14(12)17/h9,26,28H,2-7,10H2,1H3,(H3,22,24,25,27,29)/t20-,31+/m1/s1. The van der Waals surface area contributed by atoms with Crippen LogP contribution in [0.4, 0.5) is 10.5 Å². The van der Waals surface area contributed by atoms with E-state index in [1.165, 1.54) is 13.1 Å². The molecule has 2 atom stereocenters. The number of benzene rings is 1.